The van der Waals surface area contributed by atoms with Crippen LogP contribution in [0.25, 0.3) is 21.9 Å². The molecule has 2 aromatic carbocycles. The number of hydrogen-bond donors (Lipinski definition) is 5. The van der Waals surface area contributed by atoms with Crippen LogP contribution >= 0.6 is 0 Å². The fourth-order valence-electron chi connectivity index (χ4n) is 4.35. The summed E-state index contributed by atoms with van der Waals surface area (Å²) in [5.41, 5.74) is 7.21. The highest BCUT2D eigenvalue weighted by molar-refractivity contribution is 6.14. The number of benzene rings is 2. The Morgan fingerprint density at radius 3 is 2.80 bits per heavy atom. The molecule has 1 atom stereocenters. The molecular formula is C23H22F3N7O2. The fraction of sp³-hybridized carbons (Fsp3) is 0.261. The summed E-state index contributed by atoms with van der Waals surface area (Å²) in [7, 11) is 1.68. The molecule has 6 N–H and O–H groups in total. The van der Waals surface area contributed by atoms with E-state index in [0.29, 0.717) is 46.5 Å². The highest BCUT2D eigenvalue weighted by atomic mass is 19.1. The highest BCUT2D eigenvalue weighted by Gasteiger charge is 2.26. The number of carbonyl (C=O) groups is 1. The Morgan fingerprint density at radius 2 is 2.09 bits per heavy atom. The van der Waals surface area contributed by atoms with E-state index >= 15 is 0 Å². The van der Waals surface area contributed by atoms with Gasteiger partial charge in [0.05, 0.1) is 28.7 Å². The maximum atomic E-state index is 14.3. The molecule has 0 aliphatic carbocycles. The monoisotopic (exact) mass is 485 g/mol. The number of carbonyl (C=O) groups excluding carboxylic acids is 1. The zero-order valence-electron chi connectivity index (χ0n) is 18.6. The van der Waals surface area contributed by atoms with Crippen LogP contribution in [-0.4, -0.2) is 52.1 Å². The maximum Gasteiger partial charge on any atom is 0.254 e. The molecule has 1 aliphatic heterocycles. The van der Waals surface area contributed by atoms with Gasteiger partial charge in [-0.2, -0.15) is 0 Å². The van der Waals surface area contributed by atoms with Gasteiger partial charge in [0.1, 0.15) is 17.3 Å². The minimum Gasteiger partial charge on any atom is -0.503 e. The molecule has 0 saturated carbocycles. The number of hydrogen-bond acceptors (Lipinski definition) is 7. The molecule has 1 aliphatic rings. The second-order valence-electron chi connectivity index (χ2n) is 8.37. The zero-order chi connectivity index (χ0) is 24.9. The van der Waals surface area contributed by atoms with E-state index in [1.54, 1.807) is 7.05 Å². The molecule has 182 valence electrons. The van der Waals surface area contributed by atoms with E-state index in [2.05, 4.69) is 25.6 Å². The van der Waals surface area contributed by atoms with Crippen molar-refractivity contribution in [2.75, 3.05) is 30.4 Å². The highest BCUT2D eigenvalue weighted by Crippen LogP contribution is 2.36. The van der Waals surface area contributed by atoms with Gasteiger partial charge in [0.15, 0.2) is 23.2 Å². The third kappa shape index (κ3) is 3.95. The summed E-state index contributed by atoms with van der Waals surface area (Å²) in [5.74, 6) is -4.30. The number of anilines is 2. The second kappa shape index (κ2) is 8.62. The molecule has 5 rings (SSSR count). The maximum absolute atomic E-state index is 14.3. The Balaban J connectivity index is 1.56. The number of nitrogens with zero attached hydrogens (tertiary/aromatic N) is 3. The largest absolute Gasteiger partial charge is 0.503 e. The van der Waals surface area contributed by atoms with Crippen molar-refractivity contribution >= 4 is 39.3 Å². The van der Waals surface area contributed by atoms with Crippen LogP contribution in [0.2, 0.25) is 0 Å². The van der Waals surface area contributed by atoms with E-state index in [4.69, 9.17) is 5.73 Å². The lowest BCUT2D eigenvalue weighted by molar-refractivity contribution is 0.0944. The molecule has 2 aromatic heterocycles. The van der Waals surface area contributed by atoms with Crippen molar-refractivity contribution in [3.05, 3.63) is 53.1 Å². The number of rotatable bonds is 5. The summed E-state index contributed by atoms with van der Waals surface area (Å²) >= 11 is 0. The van der Waals surface area contributed by atoms with Gasteiger partial charge in [-0.3, -0.25) is 4.79 Å². The van der Waals surface area contributed by atoms with Crippen LogP contribution in [0.1, 0.15) is 22.6 Å². The van der Waals surface area contributed by atoms with Crippen molar-refractivity contribution in [3.63, 3.8) is 0 Å². The van der Waals surface area contributed by atoms with Crippen LogP contribution < -0.4 is 21.3 Å². The number of H-pyrrole nitrogens is 1. The molecule has 0 spiro atoms. The molecule has 0 radical (unpaired) electrons. The third-order valence-electron chi connectivity index (χ3n) is 6.06. The summed E-state index contributed by atoms with van der Waals surface area (Å²) in [4.78, 5) is 26.8. The van der Waals surface area contributed by atoms with Gasteiger partial charge in [0, 0.05) is 31.6 Å². The molecule has 1 saturated heterocycles. The van der Waals surface area contributed by atoms with E-state index in [1.807, 2.05) is 4.90 Å². The van der Waals surface area contributed by atoms with Crippen molar-refractivity contribution in [2.45, 2.75) is 19.0 Å². The number of aromatic nitrogens is 3. The van der Waals surface area contributed by atoms with Crippen molar-refractivity contribution in [1.29, 1.82) is 0 Å². The van der Waals surface area contributed by atoms with E-state index in [-0.39, 0.29) is 18.4 Å². The Morgan fingerprint density at radius 1 is 1.29 bits per heavy atom. The van der Waals surface area contributed by atoms with Crippen LogP contribution in [0.5, 0.6) is 5.75 Å². The van der Waals surface area contributed by atoms with Gasteiger partial charge in [0.2, 0.25) is 0 Å². The lowest BCUT2D eigenvalue weighted by Crippen LogP contribution is -2.28. The minimum atomic E-state index is -1.36. The Bertz CT molecular complexity index is 1470. The first kappa shape index (κ1) is 22.7. The molecule has 1 amide bonds. The molecule has 3 heterocycles. The number of nitrogens with one attached hydrogen (secondary N) is 3. The number of aromatic amines is 1. The smallest absolute Gasteiger partial charge is 0.254 e. The molecule has 1 unspecified atom stereocenters. The van der Waals surface area contributed by atoms with E-state index in [1.165, 1.54) is 12.1 Å². The number of phenols is 1. The fourth-order valence-corrected chi connectivity index (χ4v) is 4.35. The Hall–Kier alpha value is -4.06. The quantitative estimate of drug-likeness (QED) is 0.294. The Kier molecular flexibility index (Phi) is 5.59. The average molecular weight is 485 g/mol. The first-order valence-electron chi connectivity index (χ1n) is 10.9. The summed E-state index contributed by atoms with van der Waals surface area (Å²) < 4.78 is 41.8. The zero-order valence-corrected chi connectivity index (χ0v) is 18.6. The van der Waals surface area contributed by atoms with Crippen molar-refractivity contribution < 1.29 is 23.1 Å². The third-order valence-corrected chi connectivity index (χ3v) is 6.06. The van der Waals surface area contributed by atoms with Crippen molar-refractivity contribution in [1.82, 2.24) is 20.3 Å². The van der Waals surface area contributed by atoms with E-state index < -0.39 is 34.7 Å². The van der Waals surface area contributed by atoms with Crippen molar-refractivity contribution in [2.24, 2.45) is 5.73 Å². The van der Waals surface area contributed by atoms with Crippen LogP contribution in [0.3, 0.4) is 0 Å². The predicted octanol–water partition coefficient (Wildman–Crippen LogP) is 2.74. The average Bonchev–Trinajstić information content (AvgIpc) is 3.43. The Labute approximate surface area is 197 Å². The van der Waals surface area contributed by atoms with Gasteiger partial charge in [-0.15, -0.1) is 0 Å². The lowest BCUT2D eigenvalue weighted by atomic mass is 10.1. The van der Waals surface area contributed by atoms with Crippen LogP contribution in [0.15, 0.2) is 24.3 Å². The number of amides is 1. The molecule has 0 bridgehead atoms. The van der Waals surface area contributed by atoms with Crippen LogP contribution in [-0.2, 0) is 6.54 Å². The first-order valence-corrected chi connectivity index (χ1v) is 10.9. The van der Waals surface area contributed by atoms with Gasteiger partial charge < -0.3 is 31.4 Å². The molecule has 9 nitrogen and oxygen atoms in total. The van der Waals surface area contributed by atoms with E-state index in [9.17, 15) is 23.1 Å². The molecule has 35 heavy (non-hydrogen) atoms. The van der Waals surface area contributed by atoms with Gasteiger partial charge >= 0.3 is 0 Å². The number of fused-ring (bicyclic) bond motifs is 3. The summed E-state index contributed by atoms with van der Waals surface area (Å²) in [6.07, 6.45) is 0.753. The number of halogens is 3. The first-order chi connectivity index (χ1) is 16.8. The molecule has 4 aromatic rings. The van der Waals surface area contributed by atoms with E-state index in [0.717, 1.165) is 18.6 Å². The minimum absolute atomic E-state index is 0.0490. The summed E-state index contributed by atoms with van der Waals surface area (Å²) in [6, 6.07) is 4.46. The van der Waals surface area contributed by atoms with Crippen LogP contribution in [0.4, 0.5) is 24.7 Å². The number of aromatic hydroxyl groups is 1. The molecule has 1 fully saturated rings. The standard InChI is InChI=1S/C23H22F3N7O2/c1-28-15-7-10(24)6-13-17-21(32-19(13)15)30-16(31-22(17)33-5-4-11(27)9-33)8-29-23(35)12-2-3-14(25)20(34)18(12)26/h2-3,6-7,11,28,34H,4-5,8-9,27H2,1H3,(H,29,35)(H,30,31,32). The molecular weight excluding hydrogens is 463 g/mol. The van der Waals surface area contributed by atoms with Gasteiger partial charge in [-0.25, -0.2) is 23.1 Å². The second-order valence-corrected chi connectivity index (χ2v) is 8.37. The summed E-state index contributed by atoms with van der Waals surface area (Å²) in [5, 5.41) is 16.1. The number of nitrogens with two attached hydrogens (primary N) is 1. The van der Waals surface area contributed by atoms with Crippen molar-refractivity contribution in [3.8, 4) is 5.75 Å². The topological polar surface area (TPSA) is 132 Å². The van der Waals surface area contributed by atoms with Gasteiger partial charge in [-0.1, -0.05) is 0 Å². The van der Waals surface area contributed by atoms with Crippen LogP contribution in [0, 0.1) is 17.5 Å². The predicted molar refractivity (Wildman–Crippen MR) is 125 cm³/mol. The normalized spacial score (nSPS) is 15.8. The molecule has 12 heteroatoms. The number of phenolic OH excluding ortho intramolecular Hbond substituents is 1. The van der Waals surface area contributed by atoms with Gasteiger partial charge in [-0.05, 0) is 30.7 Å². The van der Waals surface area contributed by atoms with Gasteiger partial charge in [0.25, 0.3) is 5.91 Å². The summed E-state index contributed by atoms with van der Waals surface area (Å²) in [6.45, 7) is 1.00. The lowest BCUT2D eigenvalue weighted by Gasteiger charge is -2.19. The SMILES string of the molecule is CNc1cc(F)cc2c1[nH]c1nc(CNC(=O)c3ccc(F)c(O)c3F)nc(N3CCC(N)C3)c12.